The summed E-state index contributed by atoms with van der Waals surface area (Å²) in [5.74, 6) is 0. The molecular weight excluding hydrogens is 236 g/mol. The van der Waals surface area contributed by atoms with Gasteiger partial charge in [0.05, 0.1) is 5.52 Å². The van der Waals surface area contributed by atoms with Crippen LogP contribution in [-0.2, 0) is 6.42 Å². The summed E-state index contributed by atoms with van der Waals surface area (Å²) >= 11 is 0. The number of pyridine rings is 1. The molecule has 0 bridgehead atoms. The molecular formula is C16H26BFN. The van der Waals surface area contributed by atoms with Gasteiger partial charge >= 0.3 is 7.56 Å². The zero-order chi connectivity index (χ0) is 14.0. The number of aromatic nitrogens is 1. The average Bonchev–Trinajstić information content (AvgIpc) is 2.41. The third-order valence-corrected chi connectivity index (χ3v) is 2.40. The molecule has 0 saturated heterocycles. The van der Waals surface area contributed by atoms with Crippen LogP contribution in [0.2, 0.25) is 6.82 Å². The van der Waals surface area contributed by atoms with Crippen molar-refractivity contribution in [3.8, 4) is 0 Å². The van der Waals surface area contributed by atoms with Gasteiger partial charge in [0.1, 0.15) is 0 Å². The highest BCUT2D eigenvalue weighted by Crippen LogP contribution is 2.16. The largest absolute Gasteiger partial charge is 0.351 e. The molecule has 2 aromatic rings. The Morgan fingerprint density at radius 3 is 2.26 bits per heavy atom. The predicted octanol–water partition coefficient (Wildman–Crippen LogP) is 5.39. The molecule has 1 aromatic carbocycles. The Morgan fingerprint density at radius 1 is 1.21 bits per heavy atom. The maximum absolute atomic E-state index is 10.2. The standard InChI is InChI=1S/C12H13N.C2H6.CH3BF.CH4/c1-3-10-8-11-6-4-5-7-12(11)13-9(10)2;1-2;1-2-3;/h4-8H,3H2,1-2H3;1-2H3;1H3;1H4. The molecule has 0 spiro atoms. The number of aryl methyl sites for hydroxylation is 2. The number of hydrogen-bond donors (Lipinski definition) is 0. The summed E-state index contributed by atoms with van der Waals surface area (Å²) in [6, 6.07) is 10.5. The SMILES string of the molecule is C.CC.CCc1cc2ccccc2nc1C.C[B]F. The number of nitrogens with zero attached hydrogens (tertiary/aromatic N) is 1. The Hall–Kier alpha value is -1.38. The minimum Gasteiger partial charge on any atom is -0.343 e. The summed E-state index contributed by atoms with van der Waals surface area (Å²) in [4.78, 5) is 4.55. The Balaban J connectivity index is 0. The molecule has 0 saturated carbocycles. The lowest BCUT2D eigenvalue weighted by molar-refractivity contribution is 0.877. The molecule has 1 radical (unpaired) electrons. The fraction of sp³-hybridized carbons (Fsp3) is 0.438. The first-order valence-corrected chi connectivity index (χ1v) is 6.46. The van der Waals surface area contributed by atoms with Gasteiger partial charge in [0.2, 0.25) is 0 Å². The maximum atomic E-state index is 10.2. The van der Waals surface area contributed by atoms with Crippen LogP contribution in [0.25, 0.3) is 10.9 Å². The van der Waals surface area contributed by atoms with Crippen molar-refractivity contribution in [3.05, 3.63) is 41.6 Å². The van der Waals surface area contributed by atoms with E-state index in [1.54, 1.807) is 0 Å². The summed E-state index contributed by atoms with van der Waals surface area (Å²) in [6.45, 7) is 9.57. The van der Waals surface area contributed by atoms with Gasteiger partial charge in [0, 0.05) is 11.1 Å². The van der Waals surface area contributed by atoms with E-state index in [9.17, 15) is 4.32 Å². The fourth-order valence-electron chi connectivity index (χ4n) is 1.61. The Bertz CT molecular complexity index is 457. The van der Waals surface area contributed by atoms with Crippen molar-refractivity contribution in [3.63, 3.8) is 0 Å². The Labute approximate surface area is 118 Å². The van der Waals surface area contributed by atoms with Gasteiger partial charge < -0.3 is 4.32 Å². The second-order valence-electron chi connectivity index (χ2n) is 3.50. The van der Waals surface area contributed by atoms with Crippen LogP contribution in [0.1, 0.15) is 39.5 Å². The van der Waals surface area contributed by atoms with Crippen LogP contribution in [-0.4, -0.2) is 12.5 Å². The van der Waals surface area contributed by atoms with Crippen molar-refractivity contribution < 1.29 is 4.32 Å². The van der Waals surface area contributed by atoms with Gasteiger partial charge in [-0.3, -0.25) is 4.98 Å². The third-order valence-electron chi connectivity index (χ3n) is 2.40. The van der Waals surface area contributed by atoms with Gasteiger partial charge in [-0.15, -0.1) is 0 Å². The van der Waals surface area contributed by atoms with Crippen LogP contribution >= 0.6 is 0 Å². The molecule has 3 heteroatoms. The summed E-state index contributed by atoms with van der Waals surface area (Å²) in [5.41, 5.74) is 3.59. The van der Waals surface area contributed by atoms with E-state index in [4.69, 9.17) is 0 Å². The first-order chi connectivity index (χ1) is 8.72. The van der Waals surface area contributed by atoms with Crippen LogP contribution in [0.4, 0.5) is 4.32 Å². The highest BCUT2D eigenvalue weighted by molar-refractivity contribution is 6.23. The normalized spacial score (nSPS) is 8.32. The molecule has 2 rings (SSSR count). The van der Waals surface area contributed by atoms with Gasteiger partial charge in [0.25, 0.3) is 0 Å². The number of hydrogen-bond acceptors (Lipinski definition) is 1. The van der Waals surface area contributed by atoms with Crippen LogP contribution in [0.15, 0.2) is 30.3 Å². The summed E-state index contributed by atoms with van der Waals surface area (Å²) in [6.07, 6.45) is 1.06. The van der Waals surface area contributed by atoms with E-state index in [1.165, 1.54) is 17.8 Å². The van der Waals surface area contributed by atoms with Gasteiger partial charge in [-0.1, -0.05) is 53.2 Å². The molecule has 19 heavy (non-hydrogen) atoms. The highest BCUT2D eigenvalue weighted by Gasteiger charge is 1.99. The van der Waals surface area contributed by atoms with Gasteiger partial charge in [0.15, 0.2) is 0 Å². The van der Waals surface area contributed by atoms with E-state index >= 15 is 0 Å². The van der Waals surface area contributed by atoms with Crippen LogP contribution in [0, 0.1) is 6.92 Å². The van der Waals surface area contributed by atoms with E-state index < -0.39 is 0 Å². The van der Waals surface area contributed by atoms with Crippen molar-refractivity contribution in [2.45, 2.75) is 48.4 Å². The monoisotopic (exact) mass is 262 g/mol. The van der Waals surface area contributed by atoms with E-state index in [1.807, 2.05) is 19.9 Å². The molecule has 1 heterocycles. The lowest BCUT2D eigenvalue weighted by atomic mass is 10.1. The number of benzene rings is 1. The van der Waals surface area contributed by atoms with Crippen LogP contribution in [0.5, 0.6) is 0 Å². The van der Waals surface area contributed by atoms with Crippen molar-refractivity contribution in [1.82, 2.24) is 4.98 Å². The lowest BCUT2D eigenvalue weighted by Crippen LogP contribution is -1.91. The predicted molar refractivity (Wildman–Crippen MR) is 86.7 cm³/mol. The fourth-order valence-corrected chi connectivity index (χ4v) is 1.61. The van der Waals surface area contributed by atoms with E-state index in [-0.39, 0.29) is 7.43 Å². The summed E-state index contributed by atoms with van der Waals surface area (Å²) in [5, 5.41) is 1.24. The first-order valence-electron chi connectivity index (χ1n) is 6.46. The smallest absolute Gasteiger partial charge is 0.343 e. The quantitative estimate of drug-likeness (QED) is 0.628. The number of rotatable bonds is 1. The minimum atomic E-state index is 0. The number of para-hydroxylation sites is 1. The molecule has 0 N–H and O–H groups in total. The van der Waals surface area contributed by atoms with Crippen LogP contribution < -0.4 is 0 Å². The molecule has 0 aliphatic rings. The molecule has 0 aliphatic carbocycles. The second-order valence-corrected chi connectivity index (χ2v) is 3.50. The van der Waals surface area contributed by atoms with Crippen molar-refractivity contribution >= 4 is 18.5 Å². The van der Waals surface area contributed by atoms with E-state index in [2.05, 4.69) is 43.1 Å². The average molecular weight is 262 g/mol. The molecule has 0 fully saturated rings. The molecule has 0 aliphatic heterocycles. The summed E-state index contributed by atoms with van der Waals surface area (Å²) in [7, 11) is 0.500. The molecule has 105 valence electrons. The van der Waals surface area contributed by atoms with E-state index in [0.717, 1.165) is 17.6 Å². The maximum Gasteiger partial charge on any atom is 0.351 e. The van der Waals surface area contributed by atoms with E-state index in [0.29, 0.717) is 7.56 Å². The minimum absolute atomic E-state index is 0. The zero-order valence-electron chi connectivity index (χ0n) is 12.0. The number of halogens is 1. The second kappa shape index (κ2) is 11.7. The zero-order valence-corrected chi connectivity index (χ0v) is 12.0. The van der Waals surface area contributed by atoms with Gasteiger partial charge in [-0.25, -0.2) is 0 Å². The number of fused-ring (bicyclic) bond motifs is 1. The van der Waals surface area contributed by atoms with Crippen LogP contribution in [0.3, 0.4) is 0 Å². The molecule has 0 atom stereocenters. The summed E-state index contributed by atoms with van der Waals surface area (Å²) < 4.78 is 10.2. The van der Waals surface area contributed by atoms with Crippen molar-refractivity contribution in [1.29, 1.82) is 0 Å². The molecule has 0 amide bonds. The molecule has 1 aromatic heterocycles. The van der Waals surface area contributed by atoms with Crippen molar-refractivity contribution in [2.75, 3.05) is 0 Å². The Kier molecular flexibility index (Phi) is 12.3. The topological polar surface area (TPSA) is 12.9 Å². The van der Waals surface area contributed by atoms with Gasteiger partial charge in [-0.2, -0.15) is 0 Å². The highest BCUT2D eigenvalue weighted by atomic mass is 19.1. The Morgan fingerprint density at radius 2 is 1.74 bits per heavy atom. The third kappa shape index (κ3) is 6.37. The molecule has 1 nitrogen and oxygen atoms in total. The molecule has 0 unspecified atom stereocenters. The first kappa shape index (κ1) is 20.0. The van der Waals surface area contributed by atoms with Gasteiger partial charge in [-0.05, 0) is 31.0 Å². The van der Waals surface area contributed by atoms with Crippen molar-refractivity contribution in [2.24, 2.45) is 0 Å². The lowest BCUT2D eigenvalue weighted by Gasteiger charge is -2.04.